The van der Waals surface area contributed by atoms with Crippen LogP contribution in [0.3, 0.4) is 0 Å². The first-order chi connectivity index (χ1) is 14.8. The van der Waals surface area contributed by atoms with E-state index in [1.54, 1.807) is 0 Å². The van der Waals surface area contributed by atoms with Crippen LogP contribution in [-0.2, 0) is 18.9 Å². The lowest BCUT2D eigenvalue weighted by Gasteiger charge is -2.58. The Hall–Kier alpha value is -0.640. The van der Waals surface area contributed by atoms with Crippen molar-refractivity contribution in [2.24, 2.45) is 0 Å². The third-order valence-corrected chi connectivity index (χ3v) is 6.00. The van der Waals surface area contributed by atoms with E-state index in [0.717, 1.165) is 0 Å². The summed E-state index contributed by atoms with van der Waals surface area (Å²) < 4.78 is 20.2. The highest BCUT2D eigenvalue weighted by Gasteiger charge is 2.71. The maximum atomic E-state index is 11.1. The molecule has 3 aliphatic heterocycles. The Morgan fingerprint density at radius 2 is 1.34 bits per heavy atom. The molecule has 0 radical (unpaired) electrons. The Balaban J connectivity index is 2.02. The number of aliphatic hydroxyl groups is 12. The molecule has 16 heteroatoms. The summed E-state index contributed by atoms with van der Waals surface area (Å²) in [5, 5.41) is 121. The molecule has 16 nitrogen and oxygen atoms in total. The van der Waals surface area contributed by atoms with Crippen molar-refractivity contribution in [3.05, 3.63) is 0 Å². The minimum atomic E-state index is -3.20. The van der Waals surface area contributed by atoms with Crippen molar-refractivity contribution in [1.82, 2.24) is 0 Å². The average Bonchev–Trinajstić information content (AvgIpc) is 2.77. The fourth-order valence-electron chi connectivity index (χ4n) is 3.99. The Morgan fingerprint density at radius 3 is 1.94 bits per heavy atom. The molecule has 0 saturated carbocycles. The lowest BCUT2D eigenvalue weighted by molar-refractivity contribution is -0.462. The Morgan fingerprint density at radius 1 is 0.750 bits per heavy atom. The molecule has 0 bridgehead atoms. The van der Waals surface area contributed by atoms with Crippen molar-refractivity contribution in [2.45, 2.75) is 85.2 Å². The van der Waals surface area contributed by atoms with Gasteiger partial charge in [0.05, 0.1) is 13.2 Å². The predicted molar refractivity (Wildman–Crippen MR) is 91.6 cm³/mol. The highest BCUT2D eigenvalue weighted by Crippen LogP contribution is 2.45. The van der Waals surface area contributed by atoms with Crippen LogP contribution in [-0.4, -0.2) is 160 Å². The topological polar surface area (TPSA) is 280 Å². The Bertz CT molecular complexity index is 654. The molecule has 3 aliphatic rings. The van der Waals surface area contributed by atoms with Crippen LogP contribution in [0.2, 0.25) is 0 Å². The quantitative estimate of drug-likeness (QED) is 0.179. The van der Waals surface area contributed by atoms with E-state index in [4.69, 9.17) is 18.9 Å². The second kappa shape index (κ2) is 9.19. The van der Waals surface area contributed by atoms with Crippen LogP contribution >= 0.6 is 0 Å². The normalized spacial score (nSPS) is 57.4. The van der Waals surface area contributed by atoms with Gasteiger partial charge < -0.3 is 80.2 Å². The van der Waals surface area contributed by atoms with E-state index in [9.17, 15) is 61.3 Å². The second-order valence-electron chi connectivity index (χ2n) is 7.97. The van der Waals surface area contributed by atoms with Gasteiger partial charge in [-0.15, -0.1) is 0 Å². The van der Waals surface area contributed by atoms with Gasteiger partial charge in [-0.2, -0.15) is 0 Å². The van der Waals surface area contributed by atoms with Gasteiger partial charge in [-0.05, 0) is 0 Å². The van der Waals surface area contributed by atoms with Crippen LogP contribution in [0.4, 0.5) is 0 Å². The summed E-state index contributed by atoms with van der Waals surface area (Å²) in [7, 11) is 0. The van der Waals surface area contributed by atoms with Crippen molar-refractivity contribution in [2.75, 3.05) is 13.2 Å². The first-order valence-electron chi connectivity index (χ1n) is 9.59. The fraction of sp³-hybridized carbons (Fsp3) is 1.00. The van der Waals surface area contributed by atoms with E-state index in [2.05, 4.69) is 0 Å². The zero-order chi connectivity index (χ0) is 24.2. The van der Waals surface area contributed by atoms with Crippen LogP contribution in [0.15, 0.2) is 0 Å². The third-order valence-electron chi connectivity index (χ3n) is 6.00. The van der Waals surface area contributed by atoms with E-state index in [1.165, 1.54) is 0 Å². The molecule has 12 N–H and O–H groups in total. The Labute approximate surface area is 179 Å². The second-order valence-corrected chi connectivity index (χ2v) is 7.97. The minimum absolute atomic E-state index is 0.826. The maximum Gasteiger partial charge on any atom is 0.230 e. The SMILES string of the molecule is OC[C@@]1(C2(O)OC[C@@H](O)[C@H](O)[C@H]2O)O[C@@H](O)[C@H](O)[C@H](O)[C@@H]1OC1OC(O)C(O)C(O)C1O. The van der Waals surface area contributed by atoms with Crippen molar-refractivity contribution < 1.29 is 80.2 Å². The molecule has 0 aromatic rings. The van der Waals surface area contributed by atoms with Gasteiger partial charge in [-0.25, -0.2) is 0 Å². The molecule has 188 valence electrons. The molecule has 0 amide bonds. The van der Waals surface area contributed by atoms with Gasteiger partial charge in [0.15, 0.2) is 24.5 Å². The van der Waals surface area contributed by atoms with E-state index < -0.39 is 98.4 Å². The molecular formula is C16H28O16. The number of hydrogen-bond donors (Lipinski definition) is 12. The molecule has 3 saturated heterocycles. The molecule has 14 atom stereocenters. The van der Waals surface area contributed by atoms with Gasteiger partial charge in [-0.3, -0.25) is 0 Å². The summed E-state index contributed by atoms with van der Waals surface area (Å²) in [4.78, 5) is 0. The summed E-state index contributed by atoms with van der Waals surface area (Å²) in [6.07, 6.45) is -25.4. The van der Waals surface area contributed by atoms with E-state index in [0.29, 0.717) is 0 Å². The van der Waals surface area contributed by atoms with Crippen molar-refractivity contribution in [3.63, 3.8) is 0 Å². The molecule has 32 heavy (non-hydrogen) atoms. The van der Waals surface area contributed by atoms with E-state index >= 15 is 0 Å². The molecule has 0 aromatic carbocycles. The first kappa shape index (κ1) is 26.0. The van der Waals surface area contributed by atoms with Crippen molar-refractivity contribution in [3.8, 4) is 0 Å². The van der Waals surface area contributed by atoms with Crippen LogP contribution < -0.4 is 0 Å². The first-order valence-corrected chi connectivity index (χ1v) is 9.59. The summed E-state index contributed by atoms with van der Waals surface area (Å²) >= 11 is 0. The smallest absolute Gasteiger partial charge is 0.230 e. The number of rotatable bonds is 4. The summed E-state index contributed by atoms with van der Waals surface area (Å²) in [5.41, 5.74) is -2.92. The predicted octanol–water partition coefficient (Wildman–Crippen LogP) is -8.27. The molecule has 3 fully saturated rings. The molecular weight excluding hydrogens is 448 g/mol. The van der Waals surface area contributed by atoms with Crippen LogP contribution in [0.5, 0.6) is 0 Å². The van der Waals surface area contributed by atoms with Gasteiger partial charge in [-0.1, -0.05) is 0 Å². The molecule has 3 rings (SSSR count). The van der Waals surface area contributed by atoms with Gasteiger partial charge in [0.25, 0.3) is 0 Å². The fourth-order valence-corrected chi connectivity index (χ4v) is 3.99. The van der Waals surface area contributed by atoms with Gasteiger partial charge >= 0.3 is 0 Å². The molecule has 6 unspecified atom stereocenters. The molecule has 0 aliphatic carbocycles. The van der Waals surface area contributed by atoms with Crippen molar-refractivity contribution >= 4 is 0 Å². The summed E-state index contributed by atoms with van der Waals surface area (Å²) in [6, 6.07) is 0. The van der Waals surface area contributed by atoms with Crippen LogP contribution in [0.25, 0.3) is 0 Å². The highest BCUT2D eigenvalue weighted by molar-refractivity contribution is 5.14. The van der Waals surface area contributed by atoms with E-state index in [1.807, 2.05) is 0 Å². The summed E-state index contributed by atoms with van der Waals surface area (Å²) in [6.45, 7) is -2.25. The number of hydrogen-bond acceptors (Lipinski definition) is 16. The maximum absolute atomic E-state index is 11.1. The molecule has 0 spiro atoms. The third kappa shape index (κ3) is 3.85. The number of ether oxygens (including phenoxy) is 4. The van der Waals surface area contributed by atoms with Gasteiger partial charge in [0.2, 0.25) is 5.79 Å². The van der Waals surface area contributed by atoms with Crippen LogP contribution in [0, 0.1) is 0 Å². The largest absolute Gasteiger partial charge is 0.393 e. The van der Waals surface area contributed by atoms with Gasteiger partial charge in [0, 0.05) is 0 Å². The lowest BCUT2D eigenvalue weighted by Crippen LogP contribution is -2.81. The molecule has 0 aromatic heterocycles. The monoisotopic (exact) mass is 476 g/mol. The van der Waals surface area contributed by atoms with E-state index in [-0.39, 0.29) is 0 Å². The standard InChI is InChI=1S/C16H28O16/c17-2-15(16(28)10(25)4(19)3(18)1-29-16)11(6(21)8(23)13(27)32-15)30-14-9(24)5(20)7(22)12(26)31-14/h3-14,17-28H,1-2H2/t3-,4+,5?,6+,7?,8-,9?,10-,11+,12?,13-,14?,15-,16?/m1/s1. The molecule has 3 heterocycles. The highest BCUT2D eigenvalue weighted by atomic mass is 16.8. The zero-order valence-corrected chi connectivity index (χ0v) is 16.3. The summed E-state index contributed by atoms with van der Waals surface area (Å²) in [5.74, 6) is -3.20. The lowest BCUT2D eigenvalue weighted by atomic mass is 9.75. The van der Waals surface area contributed by atoms with Crippen molar-refractivity contribution in [1.29, 1.82) is 0 Å². The number of aliphatic hydroxyl groups excluding tert-OH is 11. The van der Waals surface area contributed by atoms with Gasteiger partial charge in [0.1, 0.15) is 54.9 Å². The Kier molecular flexibility index (Phi) is 7.46. The van der Waals surface area contributed by atoms with Crippen LogP contribution in [0.1, 0.15) is 0 Å². The minimum Gasteiger partial charge on any atom is -0.393 e. The zero-order valence-electron chi connectivity index (χ0n) is 16.3. The average molecular weight is 476 g/mol.